The van der Waals surface area contributed by atoms with E-state index in [2.05, 4.69) is 4.74 Å². The zero-order chi connectivity index (χ0) is 9.12. The number of alkyl halides is 5. The molecule has 0 rings (SSSR count). The summed E-state index contributed by atoms with van der Waals surface area (Å²) in [5.41, 5.74) is 0. The fraction of sp³-hybridized carbons (Fsp3) is 1.00. The normalized spacial score (nSPS) is 13.6. The maximum absolute atomic E-state index is 12.0. The van der Waals surface area contributed by atoms with E-state index < -0.39 is 25.1 Å². The van der Waals surface area contributed by atoms with Gasteiger partial charge < -0.3 is 4.74 Å². The zero-order valence-electron chi connectivity index (χ0n) is 5.71. The lowest BCUT2D eigenvalue weighted by Crippen LogP contribution is -2.22. The van der Waals surface area contributed by atoms with Crippen molar-refractivity contribution >= 4 is 0 Å². The van der Waals surface area contributed by atoms with E-state index in [4.69, 9.17) is 0 Å². The molecular formula is C5H7F5O. The fourth-order valence-electron chi connectivity index (χ4n) is 0.389. The molecule has 0 aromatic carbocycles. The van der Waals surface area contributed by atoms with E-state index in [1.807, 2.05) is 0 Å². The van der Waals surface area contributed by atoms with E-state index in [1.54, 1.807) is 0 Å². The molecule has 0 radical (unpaired) electrons. The van der Waals surface area contributed by atoms with Gasteiger partial charge in [0.2, 0.25) is 0 Å². The molecule has 0 N–H and O–H groups in total. The van der Waals surface area contributed by atoms with Gasteiger partial charge in [-0.05, 0) is 0 Å². The van der Waals surface area contributed by atoms with Crippen LogP contribution in [0.15, 0.2) is 0 Å². The van der Waals surface area contributed by atoms with Crippen molar-refractivity contribution in [3.63, 3.8) is 0 Å². The van der Waals surface area contributed by atoms with Crippen molar-refractivity contribution in [3.05, 3.63) is 0 Å². The Balaban J connectivity index is 3.70. The van der Waals surface area contributed by atoms with Crippen LogP contribution < -0.4 is 0 Å². The van der Waals surface area contributed by atoms with Gasteiger partial charge in [-0.25, -0.2) is 0 Å². The summed E-state index contributed by atoms with van der Waals surface area (Å²) in [4.78, 5) is 0. The summed E-state index contributed by atoms with van der Waals surface area (Å²) in [5.74, 6) is 0. The van der Waals surface area contributed by atoms with Crippen LogP contribution in [0.3, 0.4) is 0 Å². The third-order valence-corrected chi connectivity index (χ3v) is 0.998. The molecule has 0 atom stereocenters. The Kier molecular flexibility index (Phi) is 3.22. The Bertz CT molecular complexity index is 119. The van der Waals surface area contributed by atoms with Crippen molar-refractivity contribution < 1.29 is 26.7 Å². The molecule has 0 saturated carbocycles. The molecule has 0 heterocycles. The van der Waals surface area contributed by atoms with Gasteiger partial charge in [-0.15, -0.1) is 0 Å². The summed E-state index contributed by atoms with van der Waals surface area (Å²) in [6, 6.07) is 0. The molecule has 1 nitrogen and oxygen atoms in total. The minimum Gasteiger partial charge on any atom is -0.324 e. The maximum atomic E-state index is 12.0. The molecule has 11 heavy (non-hydrogen) atoms. The highest BCUT2D eigenvalue weighted by molar-refractivity contribution is 4.57. The Morgan fingerprint density at radius 1 is 1.00 bits per heavy atom. The molecule has 0 fully saturated rings. The van der Waals surface area contributed by atoms with Crippen LogP contribution in [-0.2, 0) is 4.74 Å². The van der Waals surface area contributed by atoms with Crippen LogP contribution in [-0.4, -0.2) is 19.4 Å². The van der Waals surface area contributed by atoms with E-state index in [0.717, 1.165) is 0 Å². The van der Waals surface area contributed by atoms with Crippen LogP contribution in [0.4, 0.5) is 22.0 Å². The van der Waals surface area contributed by atoms with Gasteiger partial charge in [0.1, 0.15) is 0 Å². The van der Waals surface area contributed by atoms with Crippen molar-refractivity contribution in [1.82, 2.24) is 0 Å². The van der Waals surface area contributed by atoms with Gasteiger partial charge in [0, 0.05) is 13.5 Å². The predicted octanol–water partition coefficient (Wildman–Crippen LogP) is 2.57. The van der Waals surface area contributed by atoms with Crippen molar-refractivity contribution in [2.45, 2.75) is 25.1 Å². The van der Waals surface area contributed by atoms with E-state index in [0.29, 0.717) is 7.11 Å². The van der Waals surface area contributed by atoms with Crippen LogP contribution in [0.25, 0.3) is 0 Å². The minimum absolute atomic E-state index is 0.663. The summed E-state index contributed by atoms with van der Waals surface area (Å²) in [6.45, 7) is 0. The van der Waals surface area contributed by atoms with E-state index in [-0.39, 0.29) is 0 Å². The lowest BCUT2D eigenvalue weighted by molar-refractivity contribution is -0.242. The number of halogens is 5. The van der Waals surface area contributed by atoms with Crippen LogP contribution in [0.2, 0.25) is 0 Å². The summed E-state index contributed by atoms with van der Waals surface area (Å²) in [5, 5.41) is 0. The molecule has 0 bridgehead atoms. The monoisotopic (exact) mass is 178 g/mol. The molecular weight excluding hydrogens is 171 g/mol. The number of rotatable bonds is 3. The number of hydrogen-bond donors (Lipinski definition) is 0. The molecule has 0 saturated heterocycles. The zero-order valence-corrected chi connectivity index (χ0v) is 5.71. The second kappa shape index (κ2) is 3.34. The average Bonchev–Trinajstić information content (AvgIpc) is 1.83. The smallest absolute Gasteiger partial charge is 0.324 e. The summed E-state index contributed by atoms with van der Waals surface area (Å²) in [6.07, 6.45) is -11.1. The molecule has 0 aliphatic heterocycles. The molecule has 0 aromatic rings. The highest BCUT2D eigenvalue weighted by atomic mass is 19.4. The van der Waals surface area contributed by atoms with Gasteiger partial charge >= 0.3 is 12.3 Å². The third kappa shape index (κ3) is 6.03. The Morgan fingerprint density at radius 2 is 1.45 bits per heavy atom. The molecule has 68 valence electrons. The van der Waals surface area contributed by atoms with Gasteiger partial charge in [0.15, 0.2) is 0 Å². The van der Waals surface area contributed by atoms with Crippen molar-refractivity contribution in [2.24, 2.45) is 0 Å². The first-order valence-electron chi connectivity index (χ1n) is 2.76. The molecule has 0 aliphatic carbocycles. The first-order valence-corrected chi connectivity index (χ1v) is 2.76. The Labute approximate surface area is 60.1 Å². The topological polar surface area (TPSA) is 9.23 Å². The van der Waals surface area contributed by atoms with Crippen LogP contribution in [0, 0.1) is 0 Å². The van der Waals surface area contributed by atoms with Crippen molar-refractivity contribution in [2.75, 3.05) is 7.11 Å². The van der Waals surface area contributed by atoms with E-state index >= 15 is 0 Å². The Hall–Kier alpha value is -0.390. The third-order valence-electron chi connectivity index (χ3n) is 0.998. The number of methoxy groups -OCH3 is 1. The van der Waals surface area contributed by atoms with Crippen LogP contribution in [0.5, 0.6) is 0 Å². The van der Waals surface area contributed by atoms with Gasteiger partial charge in [-0.2, -0.15) is 22.0 Å². The number of hydrogen-bond acceptors (Lipinski definition) is 1. The van der Waals surface area contributed by atoms with Gasteiger partial charge in [-0.1, -0.05) is 0 Å². The first kappa shape index (κ1) is 10.6. The second-order valence-corrected chi connectivity index (χ2v) is 1.96. The Morgan fingerprint density at radius 3 is 1.73 bits per heavy atom. The van der Waals surface area contributed by atoms with Gasteiger partial charge in [0.05, 0.1) is 6.42 Å². The van der Waals surface area contributed by atoms with E-state index in [9.17, 15) is 22.0 Å². The number of ether oxygens (including phenoxy) is 1. The molecule has 0 amide bonds. The standard InChI is InChI=1S/C5H7F5O/c1-11-5(9,10)3-2-4(6,7)8/h2-3H2,1H3. The molecule has 0 aromatic heterocycles. The molecule has 0 spiro atoms. The summed E-state index contributed by atoms with van der Waals surface area (Å²) < 4.78 is 61.4. The van der Waals surface area contributed by atoms with Gasteiger partial charge in [0.25, 0.3) is 0 Å². The predicted molar refractivity (Wildman–Crippen MR) is 27.2 cm³/mol. The van der Waals surface area contributed by atoms with Crippen LogP contribution >= 0.6 is 0 Å². The largest absolute Gasteiger partial charge is 0.389 e. The molecule has 0 aliphatic rings. The summed E-state index contributed by atoms with van der Waals surface area (Å²) >= 11 is 0. The first-order chi connectivity index (χ1) is 4.77. The highest BCUT2D eigenvalue weighted by Crippen LogP contribution is 2.29. The maximum Gasteiger partial charge on any atom is 0.389 e. The van der Waals surface area contributed by atoms with Crippen LogP contribution in [0.1, 0.15) is 12.8 Å². The second-order valence-electron chi connectivity index (χ2n) is 1.96. The average molecular weight is 178 g/mol. The molecule has 6 heteroatoms. The quantitative estimate of drug-likeness (QED) is 0.603. The lowest BCUT2D eigenvalue weighted by atomic mass is 10.3. The minimum atomic E-state index is -4.55. The highest BCUT2D eigenvalue weighted by Gasteiger charge is 2.36. The van der Waals surface area contributed by atoms with Crippen molar-refractivity contribution in [1.29, 1.82) is 0 Å². The summed E-state index contributed by atoms with van der Waals surface area (Å²) in [7, 11) is 0.663. The van der Waals surface area contributed by atoms with Gasteiger partial charge in [-0.3, -0.25) is 0 Å². The van der Waals surface area contributed by atoms with E-state index in [1.165, 1.54) is 0 Å². The molecule has 0 unspecified atom stereocenters. The SMILES string of the molecule is COC(F)(F)CCC(F)(F)F. The fourth-order valence-corrected chi connectivity index (χ4v) is 0.389. The van der Waals surface area contributed by atoms with Crippen molar-refractivity contribution in [3.8, 4) is 0 Å². The lowest BCUT2D eigenvalue weighted by Gasteiger charge is -2.14.